The Morgan fingerprint density at radius 2 is 1.75 bits per heavy atom. The fourth-order valence-electron chi connectivity index (χ4n) is 3.47. The van der Waals surface area contributed by atoms with Gasteiger partial charge in [-0.1, -0.05) is 25.1 Å². The van der Waals surface area contributed by atoms with Crippen LogP contribution in [0.15, 0.2) is 42.5 Å². The van der Waals surface area contributed by atoms with Gasteiger partial charge in [0.05, 0.1) is 7.11 Å². The second-order valence-corrected chi connectivity index (χ2v) is 8.05. The van der Waals surface area contributed by atoms with Gasteiger partial charge >= 0.3 is 0 Å². The van der Waals surface area contributed by atoms with Crippen LogP contribution in [0.1, 0.15) is 44.7 Å². The number of nitrogens with zero attached hydrogens (tertiary/aromatic N) is 1. The van der Waals surface area contributed by atoms with Crippen LogP contribution in [0.5, 0.6) is 17.2 Å². The molecule has 0 saturated heterocycles. The number of aryl methyl sites for hydroxylation is 1. The van der Waals surface area contributed by atoms with Crippen molar-refractivity contribution in [3.8, 4) is 17.2 Å². The number of carbonyl (C=O) groups excluding carboxylic acids is 2. The van der Waals surface area contributed by atoms with Gasteiger partial charge in [0.1, 0.15) is 11.8 Å². The van der Waals surface area contributed by atoms with E-state index in [9.17, 15) is 9.59 Å². The Bertz CT molecular complexity index is 928. The number of hydrogen-bond donors (Lipinski definition) is 1. The SMILES string of the molecule is CC[C@@H](C)NC(=O)[C@H](C)N(Cc1ccc(OC)cc1)C(=O)CCc1ccc2c(c1)OCO2. The summed E-state index contributed by atoms with van der Waals surface area (Å²) in [6, 6.07) is 12.7. The zero-order valence-electron chi connectivity index (χ0n) is 19.2. The summed E-state index contributed by atoms with van der Waals surface area (Å²) in [6.45, 7) is 6.32. The van der Waals surface area contributed by atoms with E-state index in [0.717, 1.165) is 29.0 Å². The molecule has 0 aliphatic carbocycles. The molecule has 172 valence electrons. The van der Waals surface area contributed by atoms with E-state index in [-0.39, 0.29) is 31.1 Å². The third kappa shape index (κ3) is 5.93. The summed E-state index contributed by atoms with van der Waals surface area (Å²) in [4.78, 5) is 27.7. The van der Waals surface area contributed by atoms with Crippen LogP contribution in [0.25, 0.3) is 0 Å². The minimum atomic E-state index is -0.588. The number of amides is 2. The van der Waals surface area contributed by atoms with Gasteiger partial charge in [-0.3, -0.25) is 9.59 Å². The molecule has 2 amide bonds. The zero-order valence-corrected chi connectivity index (χ0v) is 19.2. The van der Waals surface area contributed by atoms with Gasteiger partial charge in [-0.15, -0.1) is 0 Å². The number of fused-ring (bicyclic) bond motifs is 1. The Labute approximate surface area is 189 Å². The molecule has 0 aromatic heterocycles. The molecular weight excluding hydrogens is 408 g/mol. The summed E-state index contributed by atoms with van der Waals surface area (Å²) < 4.78 is 16.0. The van der Waals surface area contributed by atoms with Gasteiger partial charge in [0, 0.05) is 19.0 Å². The first kappa shape index (κ1) is 23.4. The lowest BCUT2D eigenvalue weighted by Gasteiger charge is -2.30. The highest BCUT2D eigenvalue weighted by molar-refractivity contribution is 5.87. The summed E-state index contributed by atoms with van der Waals surface area (Å²) in [6.07, 6.45) is 1.67. The fraction of sp³-hybridized carbons (Fsp3) is 0.440. The first-order valence-electron chi connectivity index (χ1n) is 11.0. The first-order valence-corrected chi connectivity index (χ1v) is 11.0. The van der Waals surface area contributed by atoms with Crippen molar-refractivity contribution in [2.24, 2.45) is 0 Å². The van der Waals surface area contributed by atoms with Crippen molar-refractivity contribution in [3.05, 3.63) is 53.6 Å². The molecule has 1 N–H and O–H groups in total. The summed E-state index contributed by atoms with van der Waals surface area (Å²) in [5.41, 5.74) is 1.93. The van der Waals surface area contributed by atoms with Gasteiger partial charge < -0.3 is 24.4 Å². The molecule has 0 spiro atoms. The van der Waals surface area contributed by atoms with Crippen LogP contribution < -0.4 is 19.5 Å². The van der Waals surface area contributed by atoms with Crippen molar-refractivity contribution in [3.63, 3.8) is 0 Å². The van der Waals surface area contributed by atoms with E-state index >= 15 is 0 Å². The molecular formula is C25H32N2O5. The van der Waals surface area contributed by atoms with Crippen LogP contribution in [-0.4, -0.2) is 42.7 Å². The fourth-order valence-corrected chi connectivity index (χ4v) is 3.47. The Kier molecular flexibility index (Phi) is 7.98. The predicted octanol–water partition coefficient (Wildman–Crippen LogP) is 3.69. The van der Waals surface area contributed by atoms with Crippen LogP contribution >= 0.6 is 0 Å². The van der Waals surface area contributed by atoms with Crippen molar-refractivity contribution >= 4 is 11.8 Å². The summed E-state index contributed by atoms with van der Waals surface area (Å²) >= 11 is 0. The summed E-state index contributed by atoms with van der Waals surface area (Å²) in [5, 5.41) is 2.99. The molecule has 0 radical (unpaired) electrons. The van der Waals surface area contributed by atoms with Gasteiger partial charge in [-0.2, -0.15) is 0 Å². The molecule has 0 saturated carbocycles. The van der Waals surface area contributed by atoms with Crippen LogP contribution in [-0.2, 0) is 22.6 Å². The molecule has 3 rings (SSSR count). The van der Waals surface area contributed by atoms with Crippen molar-refractivity contribution < 1.29 is 23.8 Å². The normalized spacial score (nSPS) is 13.9. The van der Waals surface area contributed by atoms with Gasteiger partial charge in [0.15, 0.2) is 11.5 Å². The molecule has 1 heterocycles. The van der Waals surface area contributed by atoms with Crippen molar-refractivity contribution in [2.75, 3.05) is 13.9 Å². The lowest BCUT2D eigenvalue weighted by Crippen LogP contribution is -2.49. The van der Waals surface area contributed by atoms with E-state index in [1.165, 1.54) is 0 Å². The maximum absolute atomic E-state index is 13.2. The summed E-state index contributed by atoms with van der Waals surface area (Å²) in [5.74, 6) is 1.94. The third-order valence-corrected chi connectivity index (χ3v) is 5.74. The molecule has 0 bridgehead atoms. The molecule has 2 atom stereocenters. The van der Waals surface area contributed by atoms with Gasteiger partial charge in [-0.25, -0.2) is 0 Å². The van der Waals surface area contributed by atoms with Crippen LogP contribution in [0.2, 0.25) is 0 Å². The second-order valence-electron chi connectivity index (χ2n) is 8.05. The highest BCUT2D eigenvalue weighted by Crippen LogP contribution is 2.32. The monoisotopic (exact) mass is 440 g/mol. The molecule has 0 unspecified atom stereocenters. The maximum Gasteiger partial charge on any atom is 0.242 e. The average Bonchev–Trinajstić information content (AvgIpc) is 3.28. The van der Waals surface area contributed by atoms with Gasteiger partial charge in [0.2, 0.25) is 18.6 Å². The molecule has 7 heteroatoms. The first-order chi connectivity index (χ1) is 15.4. The Hall–Kier alpha value is -3.22. The van der Waals surface area contributed by atoms with Crippen molar-refractivity contribution in [1.82, 2.24) is 10.2 Å². The van der Waals surface area contributed by atoms with E-state index in [1.54, 1.807) is 18.9 Å². The molecule has 0 fully saturated rings. The Morgan fingerprint density at radius 3 is 2.44 bits per heavy atom. The van der Waals surface area contributed by atoms with Gasteiger partial charge in [-0.05, 0) is 62.1 Å². The largest absolute Gasteiger partial charge is 0.497 e. The minimum Gasteiger partial charge on any atom is -0.497 e. The molecule has 1 aliphatic heterocycles. The number of carbonyl (C=O) groups is 2. The minimum absolute atomic E-state index is 0.0523. The number of methoxy groups -OCH3 is 1. The Balaban J connectivity index is 1.71. The average molecular weight is 441 g/mol. The number of benzene rings is 2. The second kappa shape index (κ2) is 10.9. The molecule has 32 heavy (non-hydrogen) atoms. The highest BCUT2D eigenvalue weighted by Gasteiger charge is 2.26. The Morgan fingerprint density at radius 1 is 1.06 bits per heavy atom. The number of ether oxygens (including phenoxy) is 3. The highest BCUT2D eigenvalue weighted by atomic mass is 16.7. The zero-order chi connectivity index (χ0) is 23.1. The molecule has 7 nitrogen and oxygen atoms in total. The smallest absolute Gasteiger partial charge is 0.242 e. The van der Waals surface area contributed by atoms with Gasteiger partial charge in [0.25, 0.3) is 0 Å². The maximum atomic E-state index is 13.2. The molecule has 1 aliphatic rings. The van der Waals surface area contributed by atoms with E-state index in [4.69, 9.17) is 14.2 Å². The molecule has 2 aromatic rings. The lowest BCUT2D eigenvalue weighted by molar-refractivity contribution is -0.140. The topological polar surface area (TPSA) is 77.1 Å². The number of nitrogens with one attached hydrogen (secondary N) is 1. The van der Waals surface area contributed by atoms with Crippen LogP contribution in [0.4, 0.5) is 0 Å². The standard InChI is InChI=1S/C25H32N2O5/c1-5-17(2)26-25(29)18(3)27(15-20-6-10-21(30-4)11-7-20)24(28)13-9-19-8-12-22-23(14-19)32-16-31-22/h6-8,10-12,14,17-18H,5,9,13,15-16H2,1-4H3,(H,26,29)/t17-,18+/m1/s1. The van der Waals surface area contributed by atoms with E-state index in [1.807, 2.05) is 56.3 Å². The number of hydrogen-bond acceptors (Lipinski definition) is 5. The van der Waals surface area contributed by atoms with E-state index in [2.05, 4.69) is 5.32 Å². The summed E-state index contributed by atoms with van der Waals surface area (Å²) in [7, 11) is 1.61. The predicted molar refractivity (Wildman–Crippen MR) is 122 cm³/mol. The van der Waals surface area contributed by atoms with E-state index in [0.29, 0.717) is 18.7 Å². The van der Waals surface area contributed by atoms with Crippen LogP contribution in [0, 0.1) is 0 Å². The molecule has 2 aromatic carbocycles. The van der Waals surface area contributed by atoms with Crippen molar-refractivity contribution in [2.45, 2.75) is 58.7 Å². The third-order valence-electron chi connectivity index (χ3n) is 5.74. The van der Waals surface area contributed by atoms with E-state index < -0.39 is 6.04 Å². The van der Waals surface area contributed by atoms with Crippen molar-refractivity contribution in [1.29, 1.82) is 0 Å². The number of rotatable bonds is 10. The van der Waals surface area contributed by atoms with Crippen LogP contribution in [0.3, 0.4) is 0 Å². The quantitative estimate of drug-likeness (QED) is 0.610. The lowest BCUT2D eigenvalue weighted by atomic mass is 10.1.